The minimum absolute atomic E-state index is 0.0662. The molecule has 1 unspecified atom stereocenters. The molecule has 1 saturated heterocycles. The first-order chi connectivity index (χ1) is 7.19. The number of carbonyl (C=O) groups excluding carboxylic acids is 2. The number of nitrogens with zero attached hydrogens (tertiary/aromatic N) is 2. The van der Waals surface area contributed by atoms with Gasteiger partial charge in [-0.05, 0) is 0 Å². The normalized spacial score (nSPS) is 24.9. The van der Waals surface area contributed by atoms with Gasteiger partial charge < -0.3 is 11.1 Å². The molecule has 1 aliphatic rings. The summed E-state index contributed by atoms with van der Waals surface area (Å²) < 4.78 is 0. The molecule has 1 aromatic rings. The van der Waals surface area contributed by atoms with Crippen molar-refractivity contribution >= 4 is 11.9 Å². The van der Waals surface area contributed by atoms with E-state index in [1.165, 1.54) is 18.6 Å². The van der Waals surface area contributed by atoms with Gasteiger partial charge in [0.2, 0.25) is 0 Å². The van der Waals surface area contributed by atoms with Gasteiger partial charge >= 0.3 is 6.03 Å². The van der Waals surface area contributed by atoms with Crippen LogP contribution in [0.2, 0.25) is 0 Å². The number of hydrogen-bond acceptors (Lipinski definition) is 5. The third-order valence-electron chi connectivity index (χ3n) is 2.25. The Hall–Kier alpha value is -2.02. The van der Waals surface area contributed by atoms with Crippen molar-refractivity contribution in [1.29, 1.82) is 0 Å². The Morgan fingerprint density at radius 2 is 2.20 bits per heavy atom. The molecule has 2 rings (SSSR count). The highest BCUT2D eigenvalue weighted by molar-refractivity contribution is 6.07. The van der Waals surface area contributed by atoms with E-state index in [9.17, 15) is 9.59 Å². The summed E-state index contributed by atoms with van der Waals surface area (Å²) in [5, 5.41) is 4.58. The first kappa shape index (κ1) is 9.53. The van der Waals surface area contributed by atoms with E-state index in [4.69, 9.17) is 5.73 Å². The van der Waals surface area contributed by atoms with Gasteiger partial charge in [0.05, 0.1) is 11.9 Å². The first-order valence-corrected chi connectivity index (χ1v) is 4.29. The number of imide groups is 1. The summed E-state index contributed by atoms with van der Waals surface area (Å²) in [6.45, 7) is -0.0662. The predicted molar refractivity (Wildman–Crippen MR) is 49.4 cm³/mol. The molecule has 1 aliphatic heterocycles. The van der Waals surface area contributed by atoms with Crippen LogP contribution in [-0.4, -0.2) is 28.5 Å². The fourth-order valence-corrected chi connectivity index (χ4v) is 1.44. The number of aromatic nitrogens is 2. The van der Waals surface area contributed by atoms with Crippen LogP contribution < -0.4 is 16.4 Å². The smallest absolute Gasteiger partial charge is 0.322 e. The van der Waals surface area contributed by atoms with Crippen LogP contribution in [0.1, 0.15) is 5.69 Å². The third kappa shape index (κ3) is 1.33. The molecule has 0 saturated carbocycles. The summed E-state index contributed by atoms with van der Waals surface area (Å²) in [6.07, 6.45) is 4.31. The quantitative estimate of drug-likeness (QED) is 0.509. The van der Waals surface area contributed by atoms with Crippen molar-refractivity contribution < 1.29 is 9.59 Å². The molecule has 3 amide bonds. The van der Waals surface area contributed by atoms with Crippen LogP contribution in [0.25, 0.3) is 0 Å². The van der Waals surface area contributed by atoms with Crippen LogP contribution in [0.5, 0.6) is 0 Å². The van der Waals surface area contributed by atoms with Crippen molar-refractivity contribution in [2.45, 2.75) is 5.54 Å². The van der Waals surface area contributed by atoms with Crippen molar-refractivity contribution in [1.82, 2.24) is 20.6 Å². The molecular formula is C8H9N5O2. The van der Waals surface area contributed by atoms with Gasteiger partial charge in [0.15, 0.2) is 5.54 Å². The minimum atomic E-state index is -1.29. The molecule has 7 heteroatoms. The van der Waals surface area contributed by atoms with Crippen molar-refractivity contribution in [2.75, 3.05) is 6.54 Å². The predicted octanol–water partition coefficient (Wildman–Crippen LogP) is -1.53. The Balaban J connectivity index is 2.47. The van der Waals surface area contributed by atoms with Crippen molar-refractivity contribution in [3.63, 3.8) is 0 Å². The fourth-order valence-electron chi connectivity index (χ4n) is 1.44. The highest BCUT2D eigenvalue weighted by Crippen LogP contribution is 2.20. The van der Waals surface area contributed by atoms with Crippen LogP contribution in [0.3, 0.4) is 0 Å². The van der Waals surface area contributed by atoms with Gasteiger partial charge in [0.1, 0.15) is 0 Å². The molecule has 1 fully saturated rings. The number of amides is 3. The number of nitrogens with two attached hydrogens (primary N) is 1. The molecule has 0 bridgehead atoms. The summed E-state index contributed by atoms with van der Waals surface area (Å²) >= 11 is 0. The zero-order valence-corrected chi connectivity index (χ0v) is 7.73. The highest BCUT2D eigenvalue weighted by Gasteiger charge is 2.48. The molecule has 0 aliphatic carbocycles. The van der Waals surface area contributed by atoms with E-state index in [1.54, 1.807) is 0 Å². The third-order valence-corrected chi connectivity index (χ3v) is 2.25. The summed E-state index contributed by atoms with van der Waals surface area (Å²) in [7, 11) is 0. The molecule has 0 spiro atoms. The monoisotopic (exact) mass is 207 g/mol. The van der Waals surface area contributed by atoms with E-state index in [2.05, 4.69) is 20.6 Å². The van der Waals surface area contributed by atoms with E-state index < -0.39 is 17.5 Å². The number of hydrogen-bond donors (Lipinski definition) is 3. The Morgan fingerprint density at radius 3 is 2.67 bits per heavy atom. The lowest BCUT2D eigenvalue weighted by Gasteiger charge is -2.22. The topological polar surface area (TPSA) is 110 Å². The van der Waals surface area contributed by atoms with Crippen molar-refractivity contribution in [2.24, 2.45) is 5.73 Å². The van der Waals surface area contributed by atoms with Gasteiger partial charge in [-0.3, -0.25) is 20.1 Å². The largest absolute Gasteiger partial charge is 0.327 e. The number of urea groups is 1. The van der Waals surface area contributed by atoms with Gasteiger partial charge in [-0.15, -0.1) is 0 Å². The molecule has 1 aromatic heterocycles. The molecule has 1 atom stereocenters. The van der Waals surface area contributed by atoms with Gasteiger partial charge in [0.25, 0.3) is 5.91 Å². The summed E-state index contributed by atoms with van der Waals surface area (Å²) in [5.41, 5.74) is 4.55. The fraction of sp³-hybridized carbons (Fsp3) is 0.250. The van der Waals surface area contributed by atoms with Gasteiger partial charge in [0, 0.05) is 18.9 Å². The Morgan fingerprint density at radius 1 is 1.40 bits per heavy atom. The minimum Gasteiger partial charge on any atom is -0.327 e. The Kier molecular flexibility index (Phi) is 2.09. The SMILES string of the molecule is NCC1(c2cnccn2)NC(=O)NC1=O. The number of rotatable bonds is 2. The standard InChI is InChI=1S/C8H9N5O2/c9-4-8(5-3-10-1-2-11-5)6(14)12-7(15)13-8/h1-3H,4,9H2,(H2,12,13,14,15). The average Bonchev–Trinajstić information content (AvgIpc) is 2.56. The molecular weight excluding hydrogens is 198 g/mol. The summed E-state index contributed by atoms with van der Waals surface area (Å²) in [5.74, 6) is -0.504. The molecule has 15 heavy (non-hydrogen) atoms. The summed E-state index contributed by atoms with van der Waals surface area (Å²) in [4.78, 5) is 30.5. The molecule has 7 nitrogen and oxygen atoms in total. The van der Waals surface area contributed by atoms with E-state index in [1.807, 2.05) is 0 Å². The molecule has 4 N–H and O–H groups in total. The summed E-state index contributed by atoms with van der Waals surface area (Å²) in [6, 6.07) is -0.573. The Labute approximate surface area is 85.1 Å². The second-order valence-electron chi connectivity index (χ2n) is 3.11. The lowest BCUT2D eigenvalue weighted by molar-refractivity contribution is -0.124. The second kappa shape index (κ2) is 3.28. The van der Waals surface area contributed by atoms with Crippen LogP contribution in [-0.2, 0) is 10.3 Å². The van der Waals surface area contributed by atoms with Crippen LogP contribution in [0.4, 0.5) is 4.79 Å². The number of nitrogens with one attached hydrogen (secondary N) is 2. The van der Waals surface area contributed by atoms with Gasteiger partial charge in [-0.2, -0.15) is 0 Å². The van der Waals surface area contributed by atoms with E-state index in [-0.39, 0.29) is 6.54 Å². The molecule has 0 aromatic carbocycles. The van der Waals surface area contributed by atoms with Gasteiger partial charge in [-0.1, -0.05) is 0 Å². The molecule has 0 radical (unpaired) electrons. The molecule has 2 heterocycles. The van der Waals surface area contributed by atoms with Gasteiger partial charge in [-0.25, -0.2) is 4.79 Å². The van der Waals surface area contributed by atoms with Crippen LogP contribution in [0, 0.1) is 0 Å². The zero-order valence-electron chi connectivity index (χ0n) is 7.73. The molecule has 78 valence electrons. The van der Waals surface area contributed by atoms with Crippen molar-refractivity contribution in [3.05, 3.63) is 24.3 Å². The second-order valence-corrected chi connectivity index (χ2v) is 3.11. The first-order valence-electron chi connectivity index (χ1n) is 4.29. The average molecular weight is 207 g/mol. The van der Waals surface area contributed by atoms with Crippen LogP contribution >= 0.6 is 0 Å². The highest BCUT2D eigenvalue weighted by atomic mass is 16.2. The van der Waals surface area contributed by atoms with E-state index in [0.29, 0.717) is 5.69 Å². The Bertz CT molecular complexity index is 407. The van der Waals surface area contributed by atoms with Crippen LogP contribution in [0.15, 0.2) is 18.6 Å². The number of carbonyl (C=O) groups is 2. The zero-order chi connectivity index (χ0) is 10.9. The van der Waals surface area contributed by atoms with E-state index >= 15 is 0 Å². The van der Waals surface area contributed by atoms with E-state index in [0.717, 1.165) is 0 Å². The maximum Gasteiger partial charge on any atom is 0.322 e. The lowest BCUT2D eigenvalue weighted by atomic mass is 9.96. The maximum absolute atomic E-state index is 11.6. The maximum atomic E-state index is 11.6. The van der Waals surface area contributed by atoms with Crippen molar-refractivity contribution in [3.8, 4) is 0 Å². The lowest BCUT2D eigenvalue weighted by Crippen LogP contribution is -2.50.